The minimum absolute atomic E-state index is 0.0310. The summed E-state index contributed by atoms with van der Waals surface area (Å²) in [6.07, 6.45) is -4.05. The second-order valence-corrected chi connectivity index (χ2v) is 5.95. The summed E-state index contributed by atoms with van der Waals surface area (Å²) in [6.45, 7) is 0.710. The quantitative estimate of drug-likeness (QED) is 0.769. The summed E-state index contributed by atoms with van der Waals surface area (Å²) in [5, 5.41) is 5.17. The summed E-state index contributed by atoms with van der Waals surface area (Å²) in [4.78, 5) is 24.3. The van der Waals surface area contributed by atoms with Gasteiger partial charge in [-0.25, -0.2) is 0 Å². The van der Waals surface area contributed by atoms with Gasteiger partial charge in [0.1, 0.15) is 12.7 Å². The van der Waals surface area contributed by atoms with Gasteiger partial charge in [0.05, 0.1) is 17.4 Å². The van der Waals surface area contributed by atoms with Crippen LogP contribution >= 0.6 is 0 Å². The van der Waals surface area contributed by atoms with Gasteiger partial charge in [-0.1, -0.05) is 12.1 Å². The van der Waals surface area contributed by atoms with Crippen LogP contribution in [0, 0.1) is 0 Å². The molecule has 0 aromatic heterocycles. The van der Waals surface area contributed by atoms with E-state index < -0.39 is 30.7 Å². The number of amides is 2. The number of carbonyl (C=O) groups is 2. The third-order valence-electron chi connectivity index (χ3n) is 3.81. The first kappa shape index (κ1) is 20.2. The number of para-hydroxylation sites is 1. The number of anilines is 1. The van der Waals surface area contributed by atoms with Crippen molar-refractivity contribution in [3.8, 4) is 0 Å². The van der Waals surface area contributed by atoms with E-state index in [1.165, 1.54) is 19.1 Å². The molecule has 0 aliphatic carbocycles. The van der Waals surface area contributed by atoms with Crippen molar-refractivity contribution >= 4 is 17.5 Å². The molecule has 1 fully saturated rings. The highest BCUT2D eigenvalue weighted by Gasteiger charge is 2.30. The van der Waals surface area contributed by atoms with Crippen LogP contribution in [0.4, 0.5) is 18.9 Å². The molecule has 1 aromatic rings. The molecule has 6 nitrogen and oxygen atoms in total. The van der Waals surface area contributed by atoms with Crippen molar-refractivity contribution in [3.05, 3.63) is 29.8 Å². The number of rotatable bonds is 7. The van der Waals surface area contributed by atoms with Crippen LogP contribution in [0.5, 0.6) is 0 Å². The molecule has 9 heteroatoms. The van der Waals surface area contributed by atoms with Gasteiger partial charge in [0, 0.05) is 13.2 Å². The Labute approximate surface area is 149 Å². The molecule has 2 atom stereocenters. The Balaban J connectivity index is 1.94. The molecule has 1 aromatic carbocycles. The number of hydrogen-bond donors (Lipinski definition) is 2. The average Bonchev–Trinajstić information content (AvgIpc) is 3.10. The maximum atomic E-state index is 12.3. The summed E-state index contributed by atoms with van der Waals surface area (Å²) in [6, 6.07) is 6.24. The van der Waals surface area contributed by atoms with Crippen molar-refractivity contribution in [2.45, 2.75) is 38.1 Å². The Hall–Kier alpha value is -2.13. The average molecular weight is 374 g/mol. The zero-order valence-electron chi connectivity index (χ0n) is 14.3. The smallest absolute Gasteiger partial charge is 0.376 e. The molecule has 1 aliphatic heterocycles. The zero-order valence-corrected chi connectivity index (χ0v) is 14.3. The van der Waals surface area contributed by atoms with Crippen molar-refractivity contribution in [3.63, 3.8) is 0 Å². The third kappa shape index (κ3) is 6.30. The molecular weight excluding hydrogens is 353 g/mol. The SMILES string of the molecule is CC(OCC(F)(F)F)C(=O)Nc1ccccc1C(=O)NCC1CCCO1. The van der Waals surface area contributed by atoms with Gasteiger partial charge in [-0.15, -0.1) is 0 Å². The molecule has 0 bridgehead atoms. The molecule has 0 radical (unpaired) electrons. The molecule has 144 valence electrons. The maximum Gasteiger partial charge on any atom is 0.411 e. The monoisotopic (exact) mass is 374 g/mol. The van der Waals surface area contributed by atoms with Crippen molar-refractivity contribution in [1.29, 1.82) is 0 Å². The number of nitrogens with one attached hydrogen (secondary N) is 2. The minimum atomic E-state index is -4.52. The normalized spacial score (nSPS) is 18.4. The van der Waals surface area contributed by atoms with Crippen LogP contribution in [0.2, 0.25) is 0 Å². The third-order valence-corrected chi connectivity index (χ3v) is 3.81. The van der Waals surface area contributed by atoms with Gasteiger partial charge in [0.15, 0.2) is 0 Å². The second kappa shape index (κ2) is 9.00. The van der Waals surface area contributed by atoms with E-state index in [4.69, 9.17) is 4.74 Å². The first-order valence-electron chi connectivity index (χ1n) is 8.24. The predicted octanol–water partition coefficient (Wildman–Crippen LogP) is 2.50. The van der Waals surface area contributed by atoms with Crippen molar-refractivity contribution in [1.82, 2.24) is 5.32 Å². The van der Waals surface area contributed by atoms with Gasteiger partial charge >= 0.3 is 6.18 Å². The molecule has 0 spiro atoms. The van der Waals surface area contributed by atoms with E-state index in [0.717, 1.165) is 12.8 Å². The van der Waals surface area contributed by atoms with Gasteiger partial charge < -0.3 is 20.1 Å². The number of hydrogen-bond acceptors (Lipinski definition) is 4. The second-order valence-electron chi connectivity index (χ2n) is 5.95. The lowest BCUT2D eigenvalue weighted by molar-refractivity contribution is -0.184. The number of benzene rings is 1. The Morgan fingerprint density at radius 1 is 1.35 bits per heavy atom. The van der Waals surface area contributed by atoms with Crippen LogP contribution in [0.3, 0.4) is 0 Å². The van der Waals surface area contributed by atoms with E-state index in [9.17, 15) is 22.8 Å². The van der Waals surface area contributed by atoms with Crippen LogP contribution in [0.1, 0.15) is 30.1 Å². The molecule has 0 saturated carbocycles. The predicted molar refractivity (Wildman–Crippen MR) is 87.8 cm³/mol. The number of carbonyl (C=O) groups excluding carboxylic acids is 2. The van der Waals surface area contributed by atoms with E-state index in [1.807, 2.05) is 0 Å². The first-order valence-corrected chi connectivity index (χ1v) is 8.24. The lowest BCUT2D eigenvalue weighted by Crippen LogP contribution is -2.34. The molecule has 2 N–H and O–H groups in total. The molecule has 2 unspecified atom stereocenters. The van der Waals surface area contributed by atoms with Crippen molar-refractivity contribution in [2.24, 2.45) is 0 Å². The highest BCUT2D eigenvalue weighted by molar-refractivity contribution is 6.04. The van der Waals surface area contributed by atoms with Crippen LogP contribution in [-0.4, -0.2) is 50.0 Å². The standard InChI is InChI=1S/C17H21F3N2O4/c1-11(26-10-17(18,19)20)15(23)22-14-7-3-2-6-13(14)16(24)21-9-12-5-4-8-25-12/h2-3,6-7,11-12H,4-5,8-10H2,1H3,(H,21,24)(H,22,23). The molecule has 2 rings (SSSR count). The number of alkyl halides is 3. The van der Waals surface area contributed by atoms with Crippen molar-refractivity contribution < 1.29 is 32.2 Å². The fraction of sp³-hybridized carbons (Fsp3) is 0.529. The van der Waals surface area contributed by atoms with Gasteiger partial charge in [-0.2, -0.15) is 13.2 Å². The zero-order chi connectivity index (χ0) is 19.2. The van der Waals surface area contributed by atoms with Crippen LogP contribution in [0.25, 0.3) is 0 Å². The summed E-state index contributed by atoms with van der Waals surface area (Å²) in [5.41, 5.74) is 0.409. The Kier molecular flexibility index (Phi) is 6.98. The number of halogens is 3. The summed E-state index contributed by atoms with van der Waals surface area (Å²) in [5.74, 6) is -1.17. The lowest BCUT2D eigenvalue weighted by atomic mass is 10.1. The van der Waals surface area contributed by atoms with Gasteiger partial charge in [-0.3, -0.25) is 9.59 Å². The molecule has 1 heterocycles. The first-order chi connectivity index (χ1) is 12.3. The Morgan fingerprint density at radius 2 is 2.08 bits per heavy atom. The van der Waals surface area contributed by atoms with E-state index in [-0.39, 0.29) is 17.4 Å². The van der Waals surface area contributed by atoms with Crippen LogP contribution in [0.15, 0.2) is 24.3 Å². The Bertz CT molecular complexity index is 631. The van der Waals surface area contributed by atoms with E-state index in [1.54, 1.807) is 12.1 Å². The van der Waals surface area contributed by atoms with Crippen LogP contribution in [-0.2, 0) is 14.3 Å². The van der Waals surface area contributed by atoms with E-state index in [0.29, 0.717) is 13.2 Å². The van der Waals surface area contributed by atoms with E-state index in [2.05, 4.69) is 15.4 Å². The largest absolute Gasteiger partial charge is 0.411 e. The lowest BCUT2D eigenvalue weighted by Gasteiger charge is -2.17. The Morgan fingerprint density at radius 3 is 2.73 bits per heavy atom. The minimum Gasteiger partial charge on any atom is -0.376 e. The molecule has 2 amide bonds. The summed E-state index contributed by atoms with van der Waals surface area (Å²) < 4.78 is 46.4. The molecule has 26 heavy (non-hydrogen) atoms. The molecular formula is C17H21F3N2O4. The van der Waals surface area contributed by atoms with Crippen LogP contribution < -0.4 is 10.6 Å². The summed E-state index contributed by atoms with van der Waals surface area (Å²) in [7, 11) is 0. The highest BCUT2D eigenvalue weighted by Crippen LogP contribution is 2.18. The maximum absolute atomic E-state index is 12.3. The topological polar surface area (TPSA) is 76.7 Å². The molecule has 1 saturated heterocycles. The van der Waals surface area contributed by atoms with Gasteiger partial charge in [0.2, 0.25) is 0 Å². The number of ether oxygens (including phenoxy) is 2. The van der Waals surface area contributed by atoms with Gasteiger partial charge in [-0.05, 0) is 31.9 Å². The fourth-order valence-electron chi connectivity index (χ4n) is 2.43. The molecule has 1 aliphatic rings. The highest BCUT2D eigenvalue weighted by atomic mass is 19.4. The summed E-state index contributed by atoms with van der Waals surface area (Å²) >= 11 is 0. The fourth-order valence-corrected chi connectivity index (χ4v) is 2.43. The van der Waals surface area contributed by atoms with E-state index >= 15 is 0 Å². The van der Waals surface area contributed by atoms with Crippen molar-refractivity contribution in [2.75, 3.05) is 25.1 Å². The van der Waals surface area contributed by atoms with Gasteiger partial charge in [0.25, 0.3) is 11.8 Å².